The molecule has 14 heavy (non-hydrogen) atoms. The van der Waals surface area contributed by atoms with Crippen molar-refractivity contribution in [2.75, 3.05) is 12.5 Å². The molecule has 0 amide bonds. The molecule has 0 saturated carbocycles. The van der Waals surface area contributed by atoms with Gasteiger partial charge in [0, 0.05) is 12.3 Å². The van der Waals surface area contributed by atoms with Gasteiger partial charge in [0.1, 0.15) is 6.29 Å². The SMILES string of the molecule is C[SiH](C)OC(CC(C)(C)C)OCCCl. The molecular formula is C10H23ClO2Si. The van der Waals surface area contributed by atoms with Gasteiger partial charge in [0.25, 0.3) is 0 Å². The maximum Gasteiger partial charge on any atom is 0.174 e. The highest BCUT2D eigenvalue weighted by molar-refractivity contribution is 6.48. The van der Waals surface area contributed by atoms with Crippen LogP contribution in [-0.2, 0) is 9.16 Å². The molecule has 0 aliphatic heterocycles. The lowest BCUT2D eigenvalue weighted by Gasteiger charge is -2.27. The molecule has 4 heteroatoms. The minimum atomic E-state index is -1.03. The summed E-state index contributed by atoms with van der Waals surface area (Å²) in [7, 11) is -1.03. The fourth-order valence-electron chi connectivity index (χ4n) is 1.13. The van der Waals surface area contributed by atoms with Crippen molar-refractivity contribution in [2.24, 2.45) is 5.41 Å². The monoisotopic (exact) mass is 238 g/mol. The number of ether oxygens (including phenoxy) is 1. The summed E-state index contributed by atoms with van der Waals surface area (Å²) in [5.41, 5.74) is 0.236. The van der Waals surface area contributed by atoms with E-state index < -0.39 is 9.04 Å². The largest absolute Gasteiger partial charge is 0.396 e. The quantitative estimate of drug-likeness (QED) is 0.402. The van der Waals surface area contributed by atoms with Gasteiger partial charge in [0.2, 0.25) is 0 Å². The highest BCUT2D eigenvalue weighted by Gasteiger charge is 2.20. The first-order valence-corrected chi connectivity index (χ1v) is 8.49. The number of halogens is 1. The van der Waals surface area contributed by atoms with E-state index in [2.05, 4.69) is 33.9 Å². The average Bonchev–Trinajstić information content (AvgIpc) is 1.96. The van der Waals surface area contributed by atoms with Gasteiger partial charge in [0.05, 0.1) is 6.61 Å². The Morgan fingerprint density at radius 3 is 2.21 bits per heavy atom. The molecule has 0 aliphatic rings. The molecule has 0 radical (unpaired) electrons. The smallest absolute Gasteiger partial charge is 0.174 e. The third-order valence-corrected chi connectivity index (χ3v) is 2.59. The summed E-state index contributed by atoms with van der Waals surface area (Å²) in [6.07, 6.45) is 0.857. The van der Waals surface area contributed by atoms with Gasteiger partial charge < -0.3 is 9.16 Å². The topological polar surface area (TPSA) is 18.5 Å². The van der Waals surface area contributed by atoms with Crippen molar-refractivity contribution in [3.8, 4) is 0 Å². The molecule has 2 nitrogen and oxygen atoms in total. The van der Waals surface area contributed by atoms with Crippen molar-refractivity contribution in [3.05, 3.63) is 0 Å². The Labute approximate surface area is 94.7 Å². The fraction of sp³-hybridized carbons (Fsp3) is 1.00. The van der Waals surface area contributed by atoms with Gasteiger partial charge in [-0.2, -0.15) is 0 Å². The molecule has 1 atom stereocenters. The van der Waals surface area contributed by atoms with E-state index in [1.54, 1.807) is 0 Å². The molecule has 0 aromatic heterocycles. The lowest BCUT2D eigenvalue weighted by atomic mass is 9.92. The Morgan fingerprint density at radius 1 is 1.29 bits per heavy atom. The van der Waals surface area contributed by atoms with Crippen molar-refractivity contribution >= 4 is 20.6 Å². The third-order valence-electron chi connectivity index (χ3n) is 1.58. The fourth-order valence-corrected chi connectivity index (χ4v) is 2.00. The Hall–Kier alpha value is 0.427. The standard InChI is InChI=1S/C10H23ClO2Si/c1-10(2,3)8-9(12-7-6-11)13-14(4)5/h9,14H,6-8H2,1-5H3. The lowest BCUT2D eigenvalue weighted by Crippen LogP contribution is -2.28. The summed E-state index contributed by atoms with van der Waals surface area (Å²) in [6.45, 7) is 11.4. The van der Waals surface area contributed by atoms with Crippen LogP contribution in [0.5, 0.6) is 0 Å². The van der Waals surface area contributed by atoms with Gasteiger partial charge in [0.15, 0.2) is 9.04 Å². The van der Waals surface area contributed by atoms with Crippen LogP contribution in [0.15, 0.2) is 0 Å². The molecule has 0 heterocycles. The molecular weight excluding hydrogens is 216 g/mol. The minimum absolute atomic E-state index is 0.0691. The summed E-state index contributed by atoms with van der Waals surface area (Å²) in [5, 5.41) is 0. The summed E-state index contributed by atoms with van der Waals surface area (Å²) in [4.78, 5) is 0. The van der Waals surface area contributed by atoms with Crippen LogP contribution in [0.25, 0.3) is 0 Å². The van der Waals surface area contributed by atoms with E-state index >= 15 is 0 Å². The molecule has 0 aromatic carbocycles. The molecule has 0 bridgehead atoms. The molecule has 0 fully saturated rings. The highest BCUT2D eigenvalue weighted by Crippen LogP contribution is 2.23. The normalized spacial score (nSPS) is 14.8. The molecule has 0 aliphatic carbocycles. The van der Waals surface area contributed by atoms with Crippen LogP contribution in [0.3, 0.4) is 0 Å². The van der Waals surface area contributed by atoms with Crippen LogP contribution in [-0.4, -0.2) is 27.8 Å². The van der Waals surface area contributed by atoms with Crippen molar-refractivity contribution in [1.82, 2.24) is 0 Å². The third kappa shape index (κ3) is 9.00. The molecule has 0 aromatic rings. The van der Waals surface area contributed by atoms with Gasteiger partial charge in [-0.3, -0.25) is 0 Å². The van der Waals surface area contributed by atoms with Gasteiger partial charge in [-0.1, -0.05) is 20.8 Å². The highest BCUT2D eigenvalue weighted by atomic mass is 35.5. The van der Waals surface area contributed by atoms with Gasteiger partial charge >= 0.3 is 0 Å². The van der Waals surface area contributed by atoms with Crippen molar-refractivity contribution in [1.29, 1.82) is 0 Å². The van der Waals surface area contributed by atoms with Crippen LogP contribution in [0.4, 0.5) is 0 Å². The van der Waals surface area contributed by atoms with Crippen LogP contribution in [0, 0.1) is 5.41 Å². The zero-order valence-electron chi connectivity index (χ0n) is 9.97. The van der Waals surface area contributed by atoms with Crippen LogP contribution in [0.1, 0.15) is 27.2 Å². The van der Waals surface area contributed by atoms with Crippen LogP contribution < -0.4 is 0 Å². The number of hydrogen-bond donors (Lipinski definition) is 0. The first kappa shape index (κ1) is 14.4. The van der Waals surface area contributed by atoms with Crippen LogP contribution in [0.2, 0.25) is 13.1 Å². The van der Waals surface area contributed by atoms with Gasteiger partial charge in [-0.05, 0) is 18.5 Å². The van der Waals surface area contributed by atoms with E-state index in [0.717, 1.165) is 6.42 Å². The first-order valence-electron chi connectivity index (χ1n) is 5.18. The van der Waals surface area contributed by atoms with E-state index in [1.807, 2.05) is 0 Å². The maximum atomic E-state index is 5.79. The molecule has 86 valence electrons. The number of alkyl halides is 1. The Balaban J connectivity index is 3.97. The number of rotatable bonds is 6. The second-order valence-electron chi connectivity index (χ2n) is 4.94. The van der Waals surface area contributed by atoms with Crippen molar-refractivity contribution < 1.29 is 9.16 Å². The Kier molecular flexibility index (Phi) is 7.04. The van der Waals surface area contributed by atoms with Crippen molar-refractivity contribution in [2.45, 2.75) is 46.6 Å². The zero-order valence-corrected chi connectivity index (χ0v) is 11.9. The van der Waals surface area contributed by atoms with Crippen LogP contribution >= 0.6 is 11.6 Å². The van der Waals surface area contributed by atoms with Gasteiger partial charge in [-0.15, -0.1) is 11.6 Å². The lowest BCUT2D eigenvalue weighted by molar-refractivity contribution is -0.0965. The van der Waals surface area contributed by atoms with Gasteiger partial charge in [-0.25, -0.2) is 0 Å². The molecule has 1 unspecified atom stereocenters. The molecule has 0 N–H and O–H groups in total. The summed E-state index contributed by atoms with van der Waals surface area (Å²) in [6, 6.07) is 0. The Morgan fingerprint density at radius 2 is 1.86 bits per heavy atom. The second-order valence-corrected chi connectivity index (χ2v) is 7.69. The number of hydrogen-bond acceptors (Lipinski definition) is 2. The molecule has 0 spiro atoms. The predicted molar refractivity (Wildman–Crippen MR) is 64.5 cm³/mol. The Bertz CT molecular complexity index is 146. The summed E-state index contributed by atoms with van der Waals surface area (Å²) >= 11 is 5.58. The summed E-state index contributed by atoms with van der Waals surface area (Å²) < 4.78 is 11.3. The van der Waals surface area contributed by atoms with E-state index in [0.29, 0.717) is 12.5 Å². The predicted octanol–water partition coefficient (Wildman–Crippen LogP) is 3.00. The average molecular weight is 239 g/mol. The molecule has 0 rings (SSSR count). The first-order chi connectivity index (χ1) is 6.35. The van der Waals surface area contributed by atoms with E-state index in [-0.39, 0.29) is 11.7 Å². The molecule has 0 saturated heterocycles. The second kappa shape index (κ2) is 6.83. The van der Waals surface area contributed by atoms with E-state index in [9.17, 15) is 0 Å². The minimum Gasteiger partial charge on any atom is -0.396 e. The van der Waals surface area contributed by atoms with E-state index in [1.165, 1.54) is 0 Å². The summed E-state index contributed by atoms with van der Waals surface area (Å²) in [5.74, 6) is 0.531. The van der Waals surface area contributed by atoms with E-state index in [4.69, 9.17) is 20.8 Å². The zero-order chi connectivity index (χ0) is 11.2. The maximum absolute atomic E-state index is 5.79. The van der Waals surface area contributed by atoms with Crippen molar-refractivity contribution in [3.63, 3.8) is 0 Å².